The van der Waals surface area contributed by atoms with Gasteiger partial charge in [-0.1, -0.05) is 24.3 Å². The van der Waals surface area contributed by atoms with E-state index in [-0.39, 0.29) is 0 Å². The quantitative estimate of drug-likeness (QED) is 0.601. The van der Waals surface area contributed by atoms with Gasteiger partial charge in [-0.2, -0.15) is 13.2 Å². The molecule has 0 unspecified atom stereocenters. The highest BCUT2D eigenvalue weighted by Gasteiger charge is 2.30. The van der Waals surface area contributed by atoms with Crippen LogP contribution in [-0.4, -0.2) is 6.54 Å². The van der Waals surface area contributed by atoms with Gasteiger partial charge in [0, 0.05) is 13.1 Å². The van der Waals surface area contributed by atoms with E-state index in [9.17, 15) is 13.2 Å². The molecule has 0 bridgehead atoms. The van der Waals surface area contributed by atoms with Crippen LogP contribution in [-0.2, 0) is 12.7 Å². The van der Waals surface area contributed by atoms with E-state index < -0.39 is 11.7 Å². The first-order valence-corrected chi connectivity index (χ1v) is 4.52. The highest BCUT2D eigenvalue weighted by atomic mass is 19.4. The summed E-state index contributed by atoms with van der Waals surface area (Å²) in [5, 5.41) is 2.94. The summed E-state index contributed by atoms with van der Waals surface area (Å²) in [6, 6.07) is 5.28. The van der Waals surface area contributed by atoms with Crippen LogP contribution in [0.1, 0.15) is 11.1 Å². The standard InChI is InChI=1S/C11H12F3N/c1-2-6-15-8-9-4-3-5-10(7-9)11(12,13)14/h2-5,7,15H,1,6,8H2. The van der Waals surface area contributed by atoms with E-state index in [0.717, 1.165) is 12.1 Å². The Labute approximate surface area is 86.6 Å². The zero-order valence-corrected chi connectivity index (χ0v) is 8.14. The number of halogens is 3. The van der Waals surface area contributed by atoms with E-state index >= 15 is 0 Å². The van der Waals surface area contributed by atoms with Gasteiger partial charge in [0.2, 0.25) is 0 Å². The molecular formula is C11H12F3N. The molecule has 0 amide bonds. The van der Waals surface area contributed by atoms with Gasteiger partial charge in [-0.25, -0.2) is 0 Å². The van der Waals surface area contributed by atoms with Crippen LogP contribution in [0.4, 0.5) is 13.2 Å². The molecule has 1 aromatic rings. The largest absolute Gasteiger partial charge is 0.416 e. The van der Waals surface area contributed by atoms with Crippen molar-refractivity contribution in [2.45, 2.75) is 12.7 Å². The average Bonchev–Trinajstić information content (AvgIpc) is 2.17. The van der Waals surface area contributed by atoms with Gasteiger partial charge in [-0.05, 0) is 11.6 Å². The number of rotatable bonds is 4. The van der Waals surface area contributed by atoms with Crippen LogP contribution < -0.4 is 5.32 Å². The first-order chi connectivity index (χ1) is 7.04. The SMILES string of the molecule is C=CCNCc1cccc(C(F)(F)F)c1. The number of hydrogen-bond donors (Lipinski definition) is 1. The molecule has 1 rings (SSSR count). The maximum atomic E-state index is 12.3. The first-order valence-electron chi connectivity index (χ1n) is 4.52. The fraction of sp³-hybridized carbons (Fsp3) is 0.273. The summed E-state index contributed by atoms with van der Waals surface area (Å²) in [5.74, 6) is 0. The normalized spacial score (nSPS) is 11.4. The second-order valence-electron chi connectivity index (χ2n) is 3.12. The number of alkyl halides is 3. The van der Waals surface area contributed by atoms with E-state index in [0.29, 0.717) is 18.7 Å². The molecule has 0 fully saturated rings. The average molecular weight is 215 g/mol. The zero-order chi connectivity index (χ0) is 11.3. The third-order valence-electron chi connectivity index (χ3n) is 1.87. The Morgan fingerprint density at radius 2 is 2.07 bits per heavy atom. The minimum atomic E-state index is -4.27. The second-order valence-corrected chi connectivity index (χ2v) is 3.12. The van der Waals surface area contributed by atoms with Crippen molar-refractivity contribution in [1.29, 1.82) is 0 Å². The van der Waals surface area contributed by atoms with Crippen molar-refractivity contribution in [3.8, 4) is 0 Å². The molecular weight excluding hydrogens is 203 g/mol. The van der Waals surface area contributed by atoms with Crippen LogP contribution in [0, 0.1) is 0 Å². The lowest BCUT2D eigenvalue weighted by Crippen LogP contribution is -2.13. The smallest absolute Gasteiger partial charge is 0.309 e. The third kappa shape index (κ3) is 3.75. The molecule has 0 aliphatic carbocycles. The highest BCUT2D eigenvalue weighted by Crippen LogP contribution is 2.29. The summed E-state index contributed by atoms with van der Waals surface area (Å²) >= 11 is 0. The summed E-state index contributed by atoms with van der Waals surface area (Å²) in [6.07, 6.45) is -2.61. The lowest BCUT2D eigenvalue weighted by atomic mass is 10.1. The first kappa shape index (κ1) is 11.8. The van der Waals surface area contributed by atoms with Gasteiger partial charge < -0.3 is 5.32 Å². The van der Waals surface area contributed by atoms with Gasteiger partial charge in [0.15, 0.2) is 0 Å². The van der Waals surface area contributed by atoms with Crippen LogP contribution >= 0.6 is 0 Å². The molecule has 0 spiro atoms. The Balaban J connectivity index is 2.70. The van der Waals surface area contributed by atoms with Crippen molar-refractivity contribution in [3.05, 3.63) is 48.0 Å². The van der Waals surface area contributed by atoms with E-state index in [1.165, 1.54) is 6.07 Å². The maximum absolute atomic E-state index is 12.3. The van der Waals surface area contributed by atoms with Crippen LogP contribution in [0.3, 0.4) is 0 Å². The molecule has 0 saturated heterocycles. The van der Waals surface area contributed by atoms with E-state index in [4.69, 9.17) is 0 Å². The van der Waals surface area contributed by atoms with Gasteiger partial charge >= 0.3 is 6.18 Å². The van der Waals surface area contributed by atoms with Crippen LogP contribution in [0.25, 0.3) is 0 Å². The predicted molar refractivity (Wildman–Crippen MR) is 53.3 cm³/mol. The minimum absolute atomic E-state index is 0.413. The molecule has 0 aromatic heterocycles. The Kier molecular flexibility index (Phi) is 3.91. The van der Waals surface area contributed by atoms with Gasteiger partial charge in [0.05, 0.1) is 5.56 Å². The highest BCUT2D eigenvalue weighted by molar-refractivity contribution is 5.25. The third-order valence-corrected chi connectivity index (χ3v) is 1.87. The summed E-state index contributed by atoms with van der Waals surface area (Å²) in [7, 11) is 0. The molecule has 0 saturated carbocycles. The Bertz CT molecular complexity index is 331. The molecule has 1 aromatic carbocycles. The fourth-order valence-corrected chi connectivity index (χ4v) is 1.18. The molecule has 15 heavy (non-hydrogen) atoms. The zero-order valence-electron chi connectivity index (χ0n) is 8.14. The Hall–Kier alpha value is -1.29. The summed E-state index contributed by atoms with van der Waals surface area (Å²) in [6.45, 7) is 4.50. The Morgan fingerprint density at radius 3 is 2.67 bits per heavy atom. The number of benzene rings is 1. The molecule has 0 aliphatic heterocycles. The second kappa shape index (κ2) is 4.98. The van der Waals surface area contributed by atoms with Crippen molar-refractivity contribution in [1.82, 2.24) is 5.32 Å². The summed E-state index contributed by atoms with van der Waals surface area (Å²) in [5.41, 5.74) is 0.00655. The fourth-order valence-electron chi connectivity index (χ4n) is 1.18. The summed E-state index contributed by atoms with van der Waals surface area (Å²) in [4.78, 5) is 0. The van der Waals surface area contributed by atoms with Crippen molar-refractivity contribution in [3.63, 3.8) is 0 Å². The molecule has 1 N–H and O–H groups in total. The molecule has 82 valence electrons. The number of hydrogen-bond acceptors (Lipinski definition) is 1. The van der Waals surface area contributed by atoms with Gasteiger partial charge in [-0.15, -0.1) is 6.58 Å². The van der Waals surface area contributed by atoms with E-state index in [2.05, 4.69) is 11.9 Å². The molecule has 1 nitrogen and oxygen atoms in total. The van der Waals surface area contributed by atoms with E-state index in [1.54, 1.807) is 12.1 Å². The van der Waals surface area contributed by atoms with Crippen molar-refractivity contribution < 1.29 is 13.2 Å². The van der Waals surface area contributed by atoms with Gasteiger partial charge in [0.1, 0.15) is 0 Å². The van der Waals surface area contributed by atoms with E-state index in [1.807, 2.05) is 0 Å². The molecule has 0 heterocycles. The molecule has 0 atom stereocenters. The minimum Gasteiger partial charge on any atom is -0.309 e. The van der Waals surface area contributed by atoms with Crippen molar-refractivity contribution in [2.24, 2.45) is 0 Å². The number of nitrogens with one attached hydrogen (secondary N) is 1. The maximum Gasteiger partial charge on any atom is 0.416 e. The lowest BCUT2D eigenvalue weighted by molar-refractivity contribution is -0.137. The van der Waals surface area contributed by atoms with Crippen molar-refractivity contribution in [2.75, 3.05) is 6.54 Å². The monoisotopic (exact) mass is 215 g/mol. The topological polar surface area (TPSA) is 12.0 Å². The Morgan fingerprint density at radius 1 is 1.33 bits per heavy atom. The van der Waals surface area contributed by atoms with Gasteiger partial charge in [0.25, 0.3) is 0 Å². The predicted octanol–water partition coefficient (Wildman–Crippen LogP) is 2.98. The van der Waals surface area contributed by atoms with Crippen LogP contribution in [0.15, 0.2) is 36.9 Å². The van der Waals surface area contributed by atoms with Gasteiger partial charge in [-0.3, -0.25) is 0 Å². The van der Waals surface area contributed by atoms with Crippen LogP contribution in [0.2, 0.25) is 0 Å². The van der Waals surface area contributed by atoms with Crippen LogP contribution in [0.5, 0.6) is 0 Å². The van der Waals surface area contributed by atoms with Crippen molar-refractivity contribution >= 4 is 0 Å². The molecule has 0 aliphatic rings. The summed E-state index contributed by atoms with van der Waals surface area (Å²) < 4.78 is 37.0. The molecule has 4 heteroatoms. The lowest BCUT2D eigenvalue weighted by Gasteiger charge is -2.08. The molecule has 0 radical (unpaired) electrons.